The van der Waals surface area contributed by atoms with E-state index in [1.54, 1.807) is 23.7 Å². The molecule has 1 amide bonds. The number of halogens is 2. The van der Waals surface area contributed by atoms with Gasteiger partial charge in [0, 0.05) is 49.9 Å². The summed E-state index contributed by atoms with van der Waals surface area (Å²) in [6.07, 6.45) is 0.903. The summed E-state index contributed by atoms with van der Waals surface area (Å²) in [6, 6.07) is 18.8. The third kappa shape index (κ3) is 4.93. The molecule has 2 heterocycles. The van der Waals surface area contributed by atoms with Crippen LogP contribution in [0.25, 0.3) is 10.1 Å². The van der Waals surface area contributed by atoms with Crippen LogP contribution in [0.1, 0.15) is 15.9 Å². The van der Waals surface area contributed by atoms with Crippen molar-refractivity contribution >= 4 is 39.0 Å². The van der Waals surface area contributed by atoms with Crippen molar-refractivity contribution < 1.29 is 13.6 Å². The van der Waals surface area contributed by atoms with Gasteiger partial charge in [-0.2, -0.15) is 4.37 Å². The van der Waals surface area contributed by atoms with Gasteiger partial charge in [0.25, 0.3) is 5.91 Å². The predicted molar refractivity (Wildman–Crippen MR) is 133 cm³/mol. The maximum absolute atomic E-state index is 13.8. The number of hydrogen-bond donors (Lipinski definition) is 1. The van der Waals surface area contributed by atoms with E-state index in [1.807, 2.05) is 18.2 Å². The number of hydrogen-bond acceptors (Lipinski definition) is 5. The van der Waals surface area contributed by atoms with Gasteiger partial charge in [0.05, 0.1) is 10.3 Å². The lowest BCUT2D eigenvalue weighted by Gasteiger charge is -2.35. The fourth-order valence-corrected chi connectivity index (χ4v) is 4.99. The molecule has 1 N–H and O–H groups in total. The molecular formula is C26H24F2N4OS. The summed E-state index contributed by atoms with van der Waals surface area (Å²) in [7, 11) is 0. The van der Waals surface area contributed by atoms with E-state index in [1.165, 1.54) is 15.6 Å². The fraction of sp³-hybridized carbons (Fsp3) is 0.231. The molecule has 1 aromatic heterocycles. The minimum atomic E-state index is -0.878. The normalized spacial score (nSPS) is 14.5. The van der Waals surface area contributed by atoms with Gasteiger partial charge in [-0.1, -0.05) is 24.3 Å². The average molecular weight is 479 g/mol. The molecule has 1 fully saturated rings. The molecule has 0 atom stereocenters. The predicted octanol–water partition coefficient (Wildman–Crippen LogP) is 5.19. The van der Waals surface area contributed by atoms with Gasteiger partial charge in [-0.15, -0.1) is 0 Å². The second kappa shape index (κ2) is 9.87. The van der Waals surface area contributed by atoms with Gasteiger partial charge in [0.1, 0.15) is 17.5 Å². The highest BCUT2D eigenvalue weighted by atomic mass is 32.1. The largest absolute Gasteiger partial charge is 0.353 e. The van der Waals surface area contributed by atoms with E-state index >= 15 is 0 Å². The zero-order valence-electron chi connectivity index (χ0n) is 18.5. The van der Waals surface area contributed by atoms with Crippen LogP contribution in [0, 0.1) is 11.6 Å². The van der Waals surface area contributed by atoms with Crippen LogP contribution in [-0.2, 0) is 6.42 Å². The van der Waals surface area contributed by atoms with Crippen LogP contribution in [0.4, 0.5) is 20.3 Å². The quantitative estimate of drug-likeness (QED) is 0.414. The molecule has 1 saturated heterocycles. The number of piperazine rings is 1. The summed E-state index contributed by atoms with van der Waals surface area (Å²) >= 11 is 1.56. The molecule has 5 nitrogen and oxygen atoms in total. The Bertz CT molecular complexity index is 1300. The molecule has 174 valence electrons. The lowest BCUT2D eigenvalue weighted by molar-refractivity contribution is 0.102. The summed E-state index contributed by atoms with van der Waals surface area (Å²) in [5.74, 6) is -1.09. The SMILES string of the molecule is O=C(Nc1ccc(CCN2CCN(c3nsc4ccccc34)CC2)cc1)c1ccc(F)cc1F. The number of nitrogens with zero attached hydrogens (tertiary/aromatic N) is 3. The summed E-state index contributed by atoms with van der Waals surface area (Å²) in [6.45, 7) is 4.85. The zero-order valence-corrected chi connectivity index (χ0v) is 19.3. The molecule has 4 aromatic rings. The number of rotatable bonds is 6. The van der Waals surface area contributed by atoms with Crippen LogP contribution in [-0.4, -0.2) is 47.9 Å². The Hall–Kier alpha value is -3.36. The van der Waals surface area contributed by atoms with E-state index in [0.717, 1.165) is 57.1 Å². The molecule has 34 heavy (non-hydrogen) atoms. The molecule has 0 spiro atoms. The number of nitrogens with one attached hydrogen (secondary N) is 1. The summed E-state index contributed by atoms with van der Waals surface area (Å²) in [5, 5.41) is 3.89. The number of fused-ring (bicyclic) bond motifs is 1. The highest BCUT2D eigenvalue weighted by Gasteiger charge is 2.20. The third-order valence-electron chi connectivity index (χ3n) is 6.13. The molecule has 0 radical (unpaired) electrons. The van der Waals surface area contributed by atoms with Crippen molar-refractivity contribution in [1.82, 2.24) is 9.27 Å². The van der Waals surface area contributed by atoms with Crippen molar-refractivity contribution in [2.45, 2.75) is 6.42 Å². The summed E-state index contributed by atoms with van der Waals surface area (Å²) in [4.78, 5) is 17.1. The molecule has 1 aliphatic heterocycles. The lowest BCUT2D eigenvalue weighted by atomic mass is 10.1. The molecular weight excluding hydrogens is 454 g/mol. The molecule has 8 heteroatoms. The second-order valence-corrected chi connectivity index (χ2v) is 9.16. The highest BCUT2D eigenvalue weighted by molar-refractivity contribution is 7.13. The second-order valence-electron chi connectivity index (χ2n) is 8.36. The van der Waals surface area contributed by atoms with E-state index in [2.05, 4.69) is 37.7 Å². The van der Waals surface area contributed by atoms with E-state index in [-0.39, 0.29) is 5.56 Å². The molecule has 0 saturated carbocycles. The Labute approximate surface area is 200 Å². The molecule has 0 unspecified atom stereocenters. The van der Waals surface area contributed by atoms with Crippen molar-refractivity contribution in [2.24, 2.45) is 0 Å². The standard InChI is InChI=1S/C26H24F2N4OS/c27-19-7-10-21(23(28)17-19)26(33)29-20-8-5-18(6-9-20)11-12-31-13-15-32(16-14-31)25-22-3-1-2-4-24(22)34-30-25/h1-10,17H,11-16H2,(H,29,33). The maximum atomic E-state index is 13.8. The number of amides is 1. The van der Waals surface area contributed by atoms with Crippen molar-refractivity contribution in [3.8, 4) is 0 Å². The zero-order chi connectivity index (χ0) is 23.5. The Morgan fingerprint density at radius 1 is 0.971 bits per heavy atom. The van der Waals surface area contributed by atoms with Crippen molar-refractivity contribution in [1.29, 1.82) is 0 Å². The van der Waals surface area contributed by atoms with E-state index in [0.29, 0.717) is 11.8 Å². The summed E-state index contributed by atoms with van der Waals surface area (Å²) < 4.78 is 32.8. The average Bonchev–Trinajstić information content (AvgIpc) is 3.28. The van der Waals surface area contributed by atoms with Crippen LogP contribution in [0.2, 0.25) is 0 Å². The van der Waals surface area contributed by atoms with Gasteiger partial charge in [0.2, 0.25) is 0 Å². The van der Waals surface area contributed by atoms with Crippen LogP contribution in [0.15, 0.2) is 66.7 Å². The minimum Gasteiger partial charge on any atom is -0.353 e. The number of anilines is 2. The monoisotopic (exact) mass is 478 g/mol. The highest BCUT2D eigenvalue weighted by Crippen LogP contribution is 2.29. The Kier molecular flexibility index (Phi) is 6.51. The Morgan fingerprint density at radius 3 is 2.50 bits per heavy atom. The third-order valence-corrected chi connectivity index (χ3v) is 6.95. The van der Waals surface area contributed by atoms with E-state index in [9.17, 15) is 13.6 Å². The molecule has 0 aliphatic carbocycles. The molecule has 5 rings (SSSR count). The van der Waals surface area contributed by atoms with Gasteiger partial charge in [-0.05, 0) is 59.9 Å². The number of carbonyl (C=O) groups excluding carboxylic acids is 1. The first-order valence-corrected chi connectivity index (χ1v) is 12.0. The van der Waals surface area contributed by atoms with Crippen LogP contribution in [0.5, 0.6) is 0 Å². The van der Waals surface area contributed by atoms with E-state index < -0.39 is 17.5 Å². The number of carbonyl (C=O) groups is 1. The van der Waals surface area contributed by atoms with Gasteiger partial charge in [0.15, 0.2) is 0 Å². The number of benzene rings is 3. The first kappa shape index (κ1) is 22.4. The molecule has 3 aromatic carbocycles. The van der Waals surface area contributed by atoms with Crippen LogP contribution < -0.4 is 10.2 Å². The maximum Gasteiger partial charge on any atom is 0.258 e. The van der Waals surface area contributed by atoms with Gasteiger partial charge in [-0.25, -0.2) is 8.78 Å². The Balaban J connectivity index is 1.11. The van der Waals surface area contributed by atoms with Gasteiger partial charge < -0.3 is 10.2 Å². The van der Waals surface area contributed by atoms with Crippen molar-refractivity contribution in [3.05, 3.63) is 89.5 Å². The minimum absolute atomic E-state index is 0.185. The van der Waals surface area contributed by atoms with Crippen LogP contribution >= 0.6 is 11.5 Å². The Morgan fingerprint density at radius 2 is 1.74 bits per heavy atom. The number of aromatic nitrogens is 1. The fourth-order valence-electron chi connectivity index (χ4n) is 4.20. The summed E-state index contributed by atoms with van der Waals surface area (Å²) in [5.41, 5.74) is 1.55. The topological polar surface area (TPSA) is 48.5 Å². The molecule has 0 bridgehead atoms. The van der Waals surface area contributed by atoms with Crippen LogP contribution in [0.3, 0.4) is 0 Å². The van der Waals surface area contributed by atoms with Crippen molar-refractivity contribution in [3.63, 3.8) is 0 Å². The lowest BCUT2D eigenvalue weighted by Crippen LogP contribution is -2.47. The smallest absolute Gasteiger partial charge is 0.258 e. The van der Waals surface area contributed by atoms with Gasteiger partial charge >= 0.3 is 0 Å². The van der Waals surface area contributed by atoms with E-state index in [4.69, 9.17) is 0 Å². The first-order chi connectivity index (χ1) is 16.6. The first-order valence-electron chi connectivity index (χ1n) is 11.2. The molecule has 1 aliphatic rings. The van der Waals surface area contributed by atoms with Gasteiger partial charge in [-0.3, -0.25) is 9.69 Å². The van der Waals surface area contributed by atoms with Crippen molar-refractivity contribution in [2.75, 3.05) is 42.9 Å².